The SMILES string of the molecule is O=C(O)c1cccc2c1CCCN2Cc1ncnn1CCF. The average Bonchev–Trinajstić information content (AvgIpc) is 2.94. The number of carboxylic acids is 1. The van der Waals surface area contributed by atoms with Crippen LogP contribution in [0, 0.1) is 0 Å². The van der Waals surface area contributed by atoms with E-state index in [4.69, 9.17) is 0 Å². The predicted molar refractivity (Wildman–Crippen MR) is 78.8 cm³/mol. The Morgan fingerprint density at radius 1 is 1.41 bits per heavy atom. The molecule has 0 aliphatic carbocycles. The fraction of sp³-hybridized carbons (Fsp3) is 0.400. The van der Waals surface area contributed by atoms with E-state index >= 15 is 0 Å². The lowest BCUT2D eigenvalue weighted by molar-refractivity contribution is 0.0695. The molecule has 22 heavy (non-hydrogen) atoms. The Labute approximate surface area is 127 Å². The Morgan fingerprint density at radius 3 is 3.05 bits per heavy atom. The Hall–Kier alpha value is -2.44. The molecular formula is C15H17FN4O2. The van der Waals surface area contributed by atoms with Gasteiger partial charge in [0.05, 0.1) is 18.7 Å². The van der Waals surface area contributed by atoms with Crippen molar-refractivity contribution in [2.24, 2.45) is 0 Å². The highest BCUT2D eigenvalue weighted by Crippen LogP contribution is 2.30. The van der Waals surface area contributed by atoms with Crippen molar-refractivity contribution in [1.82, 2.24) is 14.8 Å². The van der Waals surface area contributed by atoms with Crippen LogP contribution in [0.5, 0.6) is 0 Å². The molecule has 116 valence electrons. The summed E-state index contributed by atoms with van der Waals surface area (Å²) in [6.45, 7) is 1.01. The molecule has 0 atom stereocenters. The van der Waals surface area contributed by atoms with Crippen LogP contribution in [0.4, 0.5) is 10.1 Å². The summed E-state index contributed by atoms with van der Waals surface area (Å²) in [6.07, 6.45) is 3.06. The van der Waals surface area contributed by atoms with E-state index in [9.17, 15) is 14.3 Å². The monoisotopic (exact) mass is 304 g/mol. The van der Waals surface area contributed by atoms with Gasteiger partial charge in [0, 0.05) is 12.2 Å². The number of fused-ring (bicyclic) bond motifs is 1. The van der Waals surface area contributed by atoms with Crippen LogP contribution in [-0.2, 0) is 19.5 Å². The van der Waals surface area contributed by atoms with E-state index < -0.39 is 12.6 Å². The van der Waals surface area contributed by atoms with E-state index in [0.717, 1.165) is 30.6 Å². The second-order valence-corrected chi connectivity index (χ2v) is 5.22. The van der Waals surface area contributed by atoms with Gasteiger partial charge in [0.2, 0.25) is 0 Å². The van der Waals surface area contributed by atoms with Crippen molar-refractivity contribution in [3.63, 3.8) is 0 Å². The first-order valence-electron chi connectivity index (χ1n) is 7.23. The molecule has 1 N–H and O–H groups in total. The molecule has 0 radical (unpaired) electrons. The van der Waals surface area contributed by atoms with Crippen molar-refractivity contribution >= 4 is 11.7 Å². The summed E-state index contributed by atoms with van der Waals surface area (Å²) in [7, 11) is 0. The second kappa shape index (κ2) is 6.13. The minimum Gasteiger partial charge on any atom is -0.478 e. The summed E-state index contributed by atoms with van der Waals surface area (Å²) in [4.78, 5) is 17.6. The molecule has 0 fully saturated rings. The third-order valence-corrected chi connectivity index (χ3v) is 3.90. The van der Waals surface area contributed by atoms with Gasteiger partial charge < -0.3 is 10.0 Å². The summed E-state index contributed by atoms with van der Waals surface area (Å²) in [5.74, 6) is -0.217. The van der Waals surface area contributed by atoms with Crippen molar-refractivity contribution in [2.45, 2.75) is 25.9 Å². The van der Waals surface area contributed by atoms with Gasteiger partial charge in [-0.05, 0) is 30.5 Å². The molecule has 0 amide bonds. The molecule has 0 unspecified atom stereocenters. The van der Waals surface area contributed by atoms with Crippen LogP contribution in [0.15, 0.2) is 24.5 Å². The zero-order chi connectivity index (χ0) is 15.5. The molecule has 0 bridgehead atoms. The highest BCUT2D eigenvalue weighted by atomic mass is 19.1. The Morgan fingerprint density at radius 2 is 2.27 bits per heavy atom. The number of aromatic carboxylic acids is 1. The van der Waals surface area contributed by atoms with E-state index in [1.54, 1.807) is 16.8 Å². The number of benzene rings is 1. The number of aromatic nitrogens is 3. The number of hydrogen-bond donors (Lipinski definition) is 1. The summed E-state index contributed by atoms with van der Waals surface area (Å²) >= 11 is 0. The molecule has 2 heterocycles. The molecule has 2 aromatic rings. The van der Waals surface area contributed by atoms with Crippen LogP contribution in [0.25, 0.3) is 0 Å². The van der Waals surface area contributed by atoms with Gasteiger partial charge in [-0.25, -0.2) is 18.9 Å². The van der Waals surface area contributed by atoms with E-state index in [-0.39, 0.29) is 6.54 Å². The average molecular weight is 304 g/mol. The number of rotatable bonds is 5. The molecule has 1 aromatic carbocycles. The first kappa shape index (κ1) is 14.5. The molecule has 1 aliphatic rings. The number of halogens is 1. The van der Waals surface area contributed by atoms with Gasteiger partial charge in [-0.15, -0.1) is 0 Å². The molecule has 1 aromatic heterocycles. The highest BCUT2D eigenvalue weighted by molar-refractivity contribution is 5.91. The van der Waals surface area contributed by atoms with E-state index in [2.05, 4.69) is 15.0 Å². The normalized spacial score (nSPS) is 14.0. The van der Waals surface area contributed by atoms with E-state index in [1.165, 1.54) is 6.33 Å². The highest BCUT2D eigenvalue weighted by Gasteiger charge is 2.23. The largest absolute Gasteiger partial charge is 0.478 e. The predicted octanol–water partition coefficient (Wildman–Crippen LogP) is 1.90. The van der Waals surface area contributed by atoms with Gasteiger partial charge in [0.25, 0.3) is 0 Å². The molecule has 0 saturated carbocycles. The number of hydrogen-bond acceptors (Lipinski definition) is 4. The fourth-order valence-corrected chi connectivity index (χ4v) is 2.91. The molecule has 0 spiro atoms. The zero-order valence-corrected chi connectivity index (χ0v) is 12.1. The molecule has 1 aliphatic heterocycles. The second-order valence-electron chi connectivity index (χ2n) is 5.22. The standard InChI is InChI=1S/C15H17FN4O2/c16-6-8-20-14(17-10-18-20)9-19-7-2-4-11-12(15(21)22)3-1-5-13(11)19/h1,3,5,10H,2,4,6-9H2,(H,21,22). The first-order chi connectivity index (χ1) is 10.7. The van der Waals surface area contributed by atoms with Gasteiger partial charge in [-0.1, -0.05) is 6.07 Å². The topological polar surface area (TPSA) is 71.2 Å². The van der Waals surface area contributed by atoms with Gasteiger partial charge >= 0.3 is 5.97 Å². The lowest BCUT2D eigenvalue weighted by atomic mass is 9.96. The van der Waals surface area contributed by atoms with Gasteiger partial charge in [0.1, 0.15) is 18.8 Å². The molecule has 0 saturated heterocycles. The summed E-state index contributed by atoms with van der Waals surface area (Å²) in [5.41, 5.74) is 2.13. The van der Waals surface area contributed by atoms with Crippen molar-refractivity contribution in [2.75, 3.05) is 18.1 Å². The number of carboxylic acid groups (broad SMARTS) is 1. The maximum atomic E-state index is 12.5. The van der Waals surface area contributed by atoms with E-state index in [1.807, 2.05) is 6.07 Å². The van der Waals surface area contributed by atoms with Crippen molar-refractivity contribution in [1.29, 1.82) is 0 Å². The maximum Gasteiger partial charge on any atom is 0.336 e. The van der Waals surface area contributed by atoms with Crippen molar-refractivity contribution in [3.8, 4) is 0 Å². The van der Waals surface area contributed by atoms with Crippen LogP contribution in [-0.4, -0.2) is 39.1 Å². The minimum absolute atomic E-state index is 0.186. The molecule has 6 nitrogen and oxygen atoms in total. The first-order valence-corrected chi connectivity index (χ1v) is 7.23. The zero-order valence-electron chi connectivity index (χ0n) is 12.1. The number of aryl methyl sites for hydroxylation is 1. The van der Waals surface area contributed by atoms with Crippen LogP contribution >= 0.6 is 0 Å². The van der Waals surface area contributed by atoms with Crippen LogP contribution in [0.2, 0.25) is 0 Å². The quantitative estimate of drug-likeness (QED) is 0.913. The summed E-state index contributed by atoms with van der Waals surface area (Å²) in [6, 6.07) is 5.32. The Bertz CT molecular complexity index is 686. The van der Waals surface area contributed by atoms with Gasteiger partial charge in [-0.2, -0.15) is 5.10 Å². The Kier molecular flexibility index (Phi) is 4.04. The van der Waals surface area contributed by atoms with Crippen LogP contribution in [0.3, 0.4) is 0 Å². The number of anilines is 1. The smallest absolute Gasteiger partial charge is 0.336 e. The lowest BCUT2D eigenvalue weighted by Gasteiger charge is -2.31. The fourth-order valence-electron chi connectivity index (χ4n) is 2.91. The van der Waals surface area contributed by atoms with Gasteiger partial charge in [0.15, 0.2) is 0 Å². The number of carbonyl (C=O) groups is 1. The lowest BCUT2D eigenvalue weighted by Crippen LogP contribution is -2.31. The summed E-state index contributed by atoms with van der Waals surface area (Å²) < 4.78 is 14.1. The molecule has 7 heteroatoms. The number of nitrogens with zero attached hydrogens (tertiary/aromatic N) is 4. The van der Waals surface area contributed by atoms with E-state index in [0.29, 0.717) is 17.9 Å². The van der Waals surface area contributed by atoms with Crippen LogP contribution in [0.1, 0.15) is 28.2 Å². The third-order valence-electron chi connectivity index (χ3n) is 3.90. The van der Waals surface area contributed by atoms with Crippen LogP contribution < -0.4 is 4.90 Å². The van der Waals surface area contributed by atoms with Gasteiger partial charge in [-0.3, -0.25) is 0 Å². The Balaban J connectivity index is 1.90. The van der Waals surface area contributed by atoms with Crippen molar-refractivity contribution < 1.29 is 14.3 Å². The number of alkyl halides is 1. The maximum absolute atomic E-state index is 12.5. The third kappa shape index (κ3) is 2.66. The van der Waals surface area contributed by atoms with Crippen molar-refractivity contribution in [3.05, 3.63) is 41.5 Å². The minimum atomic E-state index is -0.903. The summed E-state index contributed by atoms with van der Waals surface area (Å²) in [5, 5.41) is 13.3. The molecule has 3 rings (SSSR count). The molecular weight excluding hydrogens is 287 g/mol.